The number of rotatable bonds is 5. The minimum Gasteiger partial charge on any atom is -0.398 e. The molecule has 0 bridgehead atoms. The number of anilines is 1. The summed E-state index contributed by atoms with van der Waals surface area (Å²) in [6, 6.07) is 7.17. The summed E-state index contributed by atoms with van der Waals surface area (Å²) in [6.07, 6.45) is 1.43. The lowest BCUT2D eigenvalue weighted by Gasteiger charge is -2.21. The van der Waals surface area contributed by atoms with Crippen molar-refractivity contribution >= 4 is 17.5 Å². The fourth-order valence-corrected chi connectivity index (χ4v) is 2.01. The molecule has 2 rings (SSSR count). The van der Waals surface area contributed by atoms with Gasteiger partial charge in [0.25, 0.3) is 5.91 Å². The highest BCUT2D eigenvalue weighted by Crippen LogP contribution is 2.16. The van der Waals surface area contributed by atoms with Gasteiger partial charge in [-0.15, -0.1) is 0 Å². The Labute approximate surface area is 121 Å². The summed E-state index contributed by atoms with van der Waals surface area (Å²) in [5.74, 6) is -0.901. The van der Waals surface area contributed by atoms with E-state index >= 15 is 0 Å². The SMILES string of the molecule is Cc1[nH]ncc1C(=O)N(CC(N)=O)Cc1ccccc1N. The quantitative estimate of drug-likeness (QED) is 0.691. The molecule has 0 saturated carbocycles. The number of aromatic amines is 1. The fourth-order valence-electron chi connectivity index (χ4n) is 2.01. The molecule has 0 atom stereocenters. The number of aromatic nitrogens is 2. The lowest BCUT2D eigenvalue weighted by Crippen LogP contribution is -2.38. The second-order valence-corrected chi connectivity index (χ2v) is 4.74. The number of benzene rings is 1. The van der Waals surface area contributed by atoms with Gasteiger partial charge in [-0.3, -0.25) is 14.7 Å². The molecule has 0 spiro atoms. The number of hydrogen-bond acceptors (Lipinski definition) is 4. The summed E-state index contributed by atoms with van der Waals surface area (Å²) >= 11 is 0. The minimum atomic E-state index is -0.584. The highest BCUT2D eigenvalue weighted by molar-refractivity contribution is 5.97. The topological polar surface area (TPSA) is 118 Å². The Morgan fingerprint density at radius 3 is 2.62 bits per heavy atom. The number of nitrogens with zero attached hydrogens (tertiary/aromatic N) is 2. The number of nitrogen functional groups attached to an aromatic ring is 1. The number of hydrogen-bond donors (Lipinski definition) is 3. The van der Waals surface area contributed by atoms with E-state index in [1.165, 1.54) is 11.1 Å². The van der Waals surface area contributed by atoms with Crippen molar-refractivity contribution in [3.05, 3.63) is 47.3 Å². The van der Waals surface area contributed by atoms with Gasteiger partial charge in [-0.05, 0) is 18.6 Å². The number of amides is 2. The number of nitrogens with one attached hydrogen (secondary N) is 1. The van der Waals surface area contributed by atoms with E-state index in [1.807, 2.05) is 6.07 Å². The molecule has 1 aromatic heterocycles. The van der Waals surface area contributed by atoms with Gasteiger partial charge in [0.05, 0.1) is 18.3 Å². The van der Waals surface area contributed by atoms with Gasteiger partial charge in [0.1, 0.15) is 0 Å². The van der Waals surface area contributed by atoms with Crippen LogP contribution in [0.5, 0.6) is 0 Å². The van der Waals surface area contributed by atoms with Gasteiger partial charge in [-0.2, -0.15) is 5.10 Å². The van der Waals surface area contributed by atoms with Crippen molar-refractivity contribution < 1.29 is 9.59 Å². The lowest BCUT2D eigenvalue weighted by atomic mass is 10.1. The van der Waals surface area contributed by atoms with Gasteiger partial charge < -0.3 is 16.4 Å². The molecular formula is C14H17N5O2. The molecule has 0 aliphatic carbocycles. The van der Waals surface area contributed by atoms with E-state index in [2.05, 4.69) is 10.2 Å². The van der Waals surface area contributed by atoms with Crippen molar-refractivity contribution in [1.82, 2.24) is 15.1 Å². The molecule has 7 nitrogen and oxygen atoms in total. The maximum atomic E-state index is 12.5. The van der Waals surface area contributed by atoms with Crippen molar-refractivity contribution in [2.45, 2.75) is 13.5 Å². The molecule has 0 radical (unpaired) electrons. The maximum Gasteiger partial charge on any atom is 0.258 e. The molecule has 5 N–H and O–H groups in total. The van der Waals surface area contributed by atoms with Crippen LogP contribution in [0.4, 0.5) is 5.69 Å². The number of aryl methyl sites for hydroxylation is 1. The summed E-state index contributed by atoms with van der Waals surface area (Å²) in [6.45, 7) is 1.76. The maximum absolute atomic E-state index is 12.5. The number of nitrogens with two attached hydrogens (primary N) is 2. The molecular weight excluding hydrogens is 270 g/mol. The Morgan fingerprint density at radius 2 is 2.05 bits per heavy atom. The van der Waals surface area contributed by atoms with E-state index in [0.29, 0.717) is 16.9 Å². The highest BCUT2D eigenvalue weighted by atomic mass is 16.2. The highest BCUT2D eigenvalue weighted by Gasteiger charge is 2.21. The van der Waals surface area contributed by atoms with Crippen LogP contribution >= 0.6 is 0 Å². The molecule has 2 aromatic rings. The zero-order valence-electron chi connectivity index (χ0n) is 11.7. The Kier molecular flexibility index (Phi) is 4.22. The molecule has 0 saturated heterocycles. The van der Waals surface area contributed by atoms with Crippen LogP contribution in [0.2, 0.25) is 0 Å². The van der Waals surface area contributed by atoms with Crippen LogP contribution in [0.15, 0.2) is 30.5 Å². The Hall–Kier alpha value is -2.83. The van der Waals surface area contributed by atoms with Crippen molar-refractivity contribution in [3.63, 3.8) is 0 Å². The monoisotopic (exact) mass is 287 g/mol. The van der Waals surface area contributed by atoms with E-state index in [4.69, 9.17) is 11.5 Å². The largest absolute Gasteiger partial charge is 0.398 e. The fraction of sp³-hybridized carbons (Fsp3) is 0.214. The number of primary amides is 1. The molecule has 0 aliphatic heterocycles. The Balaban J connectivity index is 2.27. The van der Waals surface area contributed by atoms with Crippen LogP contribution in [-0.2, 0) is 11.3 Å². The second-order valence-electron chi connectivity index (χ2n) is 4.74. The number of carbonyl (C=O) groups is 2. The number of carbonyl (C=O) groups excluding carboxylic acids is 2. The normalized spacial score (nSPS) is 10.3. The molecule has 1 aromatic carbocycles. The van der Waals surface area contributed by atoms with E-state index < -0.39 is 5.91 Å². The van der Waals surface area contributed by atoms with Crippen molar-refractivity contribution in [2.24, 2.45) is 5.73 Å². The number of para-hydroxylation sites is 1. The third-order valence-corrected chi connectivity index (χ3v) is 3.11. The van der Waals surface area contributed by atoms with Crippen molar-refractivity contribution in [1.29, 1.82) is 0 Å². The van der Waals surface area contributed by atoms with Gasteiger partial charge in [0.15, 0.2) is 0 Å². The van der Waals surface area contributed by atoms with Crippen LogP contribution < -0.4 is 11.5 Å². The predicted octanol–water partition coefficient (Wildman–Crippen LogP) is 0.428. The smallest absolute Gasteiger partial charge is 0.258 e. The molecule has 1 heterocycles. The summed E-state index contributed by atoms with van der Waals surface area (Å²) in [7, 11) is 0. The molecule has 0 unspecified atom stereocenters. The summed E-state index contributed by atoms with van der Waals surface area (Å²) in [4.78, 5) is 25.1. The summed E-state index contributed by atoms with van der Waals surface area (Å²) < 4.78 is 0. The minimum absolute atomic E-state index is 0.183. The summed E-state index contributed by atoms with van der Waals surface area (Å²) in [5.41, 5.74) is 13.5. The Morgan fingerprint density at radius 1 is 1.33 bits per heavy atom. The first-order valence-electron chi connectivity index (χ1n) is 6.40. The molecule has 0 fully saturated rings. The summed E-state index contributed by atoms with van der Waals surface area (Å²) in [5, 5.41) is 6.51. The van der Waals surface area contributed by atoms with Crippen LogP contribution in [0, 0.1) is 6.92 Å². The average Bonchev–Trinajstić information content (AvgIpc) is 2.85. The van der Waals surface area contributed by atoms with Crippen molar-refractivity contribution in [3.8, 4) is 0 Å². The third-order valence-electron chi connectivity index (χ3n) is 3.11. The first-order valence-corrected chi connectivity index (χ1v) is 6.40. The van der Waals surface area contributed by atoms with Crippen molar-refractivity contribution in [2.75, 3.05) is 12.3 Å². The third kappa shape index (κ3) is 3.38. The van der Waals surface area contributed by atoms with E-state index in [0.717, 1.165) is 5.56 Å². The van der Waals surface area contributed by atoms with Crippen LogP contribution in [0.1, 0.15) is 21.6 Å². The average molecular weight is 287 g/mol. The first kappa shape index (κ1) is 14.6. The van der Waals surface area contributed by atoms with Gasteiger partial charge in [0.2, 0.25) is 5.91 Å². The standard InChI is InChI=1S/C14H17N5O2/c1-9-11(6-17-18-9)14(21)19(8-13(16)20)7-10-4-2-3-5-12(10)15/h2-6H,7-8,15H2,1H3,(H2,16,20)(H,17,18). The predicted molar refractivity (Wildman–Crippen MR) is 78.1 cm³/mol. The molecule has 7 heteroatoms. The van der Waals surface area contributed by atoms with Gasteiger partial charge in [-0.1, -0.05) is 18.2 Å². The molecule has 110 valence electrons. The first-order chi connectivity index (χ1) is 9.99. The molecule has 0 aliphatic rings. The van der Waals surface area contributed by atoms with Gasteiger partial charge in [-0.25, -0.2) is 0 Å². The van der Waals surface area contributed by atoms with E-state index in [9.17, 15) is 9.59 Å². The lowest BCUT2D eigenvalue weighted by molar-refractivity contribution is -0.118. The number of H-pyrrole nitrogens is 1. The van der Waals surface area contributed by atoms with Crippen LogP contribution in [0.3, 0.4) is 0 Å². The van der Waals surface area contributed by atoms with Gasteiger partial charge in [0, 0.05) is 17.9 Å². The van der Waals surface area contributed by atoms with Gasteiger partial charge >= 0.3 is 0 Å². The van der Waals surface area contributed by atoms with E-state index in [1.54, 1.807) is 25.1 Å². The zero-order valence-corrected chi connectivity index (χ0v) is 11.7. The molecule has 2 amide bonds. The van der Waals surface area contributed by atoms with E-state index in [-0.39, 0.29) is 19.0 Å². The zero-order chi connectivity index (χ0) is 15.4. The van der Waals surface area contributed by atoms with Crippen LogP contribution in [0.25, 0.3) is 0 Å². The second kappa shape index (κ2) is 6.08. The van der Waals surface area contributed by atoms with Crippen LogP contribution in [-0.4, -0.2) is 33.5 Å². The Bertz CT molecular complexity index is 665. The molecule has 21 heavy (non-hydrogen) atoms.